The monoisotopic (exact) mass is 286 g/mol. The Morgan fingerprint density at radius 1 is 1.05 bits per heavy atom. The van der Waals surface area contributed by atoms with Crippen molar-refractivity contribution in [2.45, 2.75) is 33.4 Å². The van der Waals surface area contributed by atoms with Crippen LogP contribution in [0.4, 0.5) is 10.1 Å². The average molecular weight is 286 g/mol. The molecule has 0 spiro atoms. The number of anilines is 1. The minimum atomic E-state index is -0.170. The molecule has 2 aromatic rings. The molecule has 2 rings (SSSR count). The van der Waals surface area contributed by atoms with Gasteiger partial charge >= 0.3 is 0 Å². The van der Waals surface area contributed by atoms with Crippen molar-refractivity contribution in [3.05, 3.63) is 65.0 Å². The first-order chi connectivity index (χ1) is 10.1. The maximum Gasteiger partial charge on any atom is 0.123 e. The molecule has 2 aromatic carbocycles. The van der Waals surface area contributed by atoms with Crippen LogP contribution in [0.15, 0.2) is 42.5 Å². The Bertz CT molecular complexity index is 578. The Labute approximate surface area is 126 Å². The van der Waals surface area contributed by atoms with E-state index in [1.807, 2.05) is 25.1 Å². The highest BCUT2D eigenvalue weighted by molar-refractivity contribution is 5.39. The lowest BCUT2D eigenvalue weighted by Gasteiger charge is -2.23. The Morgan fingerprint density at radius 3 is 2.38 bits per heavy atom. The second-order valence-corrected chi connectivity index (χ2v) is 5.52. The molecule has 0 aliphatic carbocycles. The van der Waals surface area contributed by atoms with E-state index in [0.29, 0.717) is 0 Å². The highest BCUT2D eigenvalue weighted by Gasteiger charge is 2.08. The van der Waals surface area contributed by atoms with Gasteiger partial charge in [0.2, 0.25) is 0 Å². The van der Waals surface area contributed by atoms with Gasteiger partial charge in [0.15, 0.2) is 0 Å². The van der Waals surface area contributed by atoms with E-state index >= 15 is 0 Å². The second-order valence-electron chi connectivity index (χ2n) is 5.52. The van der Waals surface area contributed by atoms with Crippen LogP contribution in [0, 0.1) is 12.7 Å². The molecule has 2 N–H and O–H groups in total. The highest BCUT2D eigenvalue weighted by atomic mass is 19.1. The predicted molar refractivity (Wildman–Crippen MR) is 86.4 cm³/mol. The van der Waals surface area contributed by atoms with Crippen LogP contribution in [0.5, 0.6) is 0 Å². The lowest BCUT2D eigenvalue weighted by Crippen LogP contribution is -2.24. The predicted octanol–water partition coefficient (Wildman–Crippen LogP) is 4.13. The molecule has 0 amide bonds. The summed E-state index contributed by atoms with van der Waals surface area (Å²) in [5.41, 5.74) is 9.95. The molecule has 2 nitrogen and oxygen atoms in total. The summed E-state index contributed by atoms with van der Waals surface area (Å²) in [6, 6.07) is 13.0. The number of aryl methyl sites for hydroxylation is 1. The van der Waals surface area contributed by atoms with Crippen molar-refractivity contribution in [3.63, 3.8) is 0 Å². The third-order valence-electron chi connectivity index (χ3n) is 3.62. The number of hydrogen-bond donors (Lipinski definition) is 1. The van der Waals surface area contributed by atoms with Crippen molar-refractivity contribution in [2.24, 2.45) is 0 Å². The fourth-order valence-corrected chi connectivity index (χ4v) is 2.49. The molecule has 21 heavy (non-hydrogen) atoms. The van der Waals surface area contributed by atoms with E-state index in [2.05, 4.69) is 24.0 Å². The molecule has 0 atom stereocenters. The topological polar surface area (TPSA) is 29.3 Å². The van der Waals surface area contributed by atoms with Crippen LogP contribution in [0.3, 0.4) is 0 Å². The summed E-state index contributed by atoms with van der Waals surface area (Å²) in [4.78, 5) is 2.38. The highest BCUT2D eigenvalue weighted by Crippen LogP contribution is 2.16. The zero-order valence-electron chi connectivity index (χ0n) is 12.8. The molecule has 0 bridgehead atoms. The number of nitrogens with two attached hydrogens (primary N) is 1. The van der Waals surface area contributed by atoms with Crippen LogP contribution in [0.25, 0.3) is 0 Å². The summed E-state index contributed by atoms with van der Waals surface area (Å²) in [7, 11) is 0. The van der Waals surface area contributed by atoms with Gasteiger partial charge in [0.25, 0.3) is 0 Å². The summed E-state index contributed by atoms with van der Waals surface area (Å²) in [6.07, 6.45) is 1.09. The van der Waals surface area contributed by atoms with Gasteiger partial charge in [0, 0.05) is 18.8 Å². The quantitative estimate of drug-likeness (QED) is 0.809. The second kappa shape index (κ2) is 7.23. The molecule has 0 fully saturated rings. The molecular formula is C18H23FN2. The molecule has 112 valence electrons. The summed E-state index contributed by atoms with van der Waals surface area (Å²) in [6.45, 7) is 6.87. The molecule has 3 heteroatoms. The number of benzene rings is 2. The van der Waals surface area contributed by atoms with Crippen molar-refractivity contribution in [2.75, 3.05) is 12.3 Å². The van der Waals surface area contributed by atoms with Gasteiger partial charge in [-0.3, -0.25) is 4.90 Å². The van der Waals surface area contributed by atoms with Crippen LogP contribution in [-0.2, 0) is 13.1 Å². The van der Waals surface area contributed by atoms with E-state index in [-0.39, 0.29) is 5.82 Å². The molecule has 0 aliphatic heterocycles. The summed E-state index contributed by atoms with van der Waals surface area (Å²) >= 11 is 0. The number of nitrogens with zero attached hydrogens (tertiary/aromatic N) is 1. The minimum Gasteiger partial charge on any atom is -0.399 e. The van der Waals surface area contributed by atoms with Crippen molar-refractivity contribution in [3.8, 4) is 0 Å². The Hall–Kier alpha value is -1.87. The van der Waals surface area contributed by atoms with Crippen LogP contribution in [-0.4, -0.2) is 11.4 Å². The van der Waals surface area contributed by atoms with Crippen LogP contribution >= 0.6 is 0 Å². The van der Waals surface area contributed by atoms with Gasteiger partial charge in [-0.25, -0.2) is 4.39 Å². The summed E-state index contributed by atoms with van der Waals surface area (Å²) < 4.78 is 13.2. The summed E-state index contributed by atoms with van der Waals surface area (Å²) in [5, 5.41) is 0. The molecule has 0 aromatic heterocycles. The third kappa shape index (κ3) is 4.57. The Kier molecular flexibility index (Phi) is 5.34. The van der Waals surface area contributed by atoms with E-state index < -0.39 is 0 Å². The van der Waals surface area contributed by atoms with Gasteiger partial charge in [-0.15, -0.1) is 0 Å². The lowest BCUT2D eigenvalue weighted by atomic mass is 10.1. The molecule has 0 unspecified atom stereocenters. The molecule has 0 heterocycles. The fraction of sp³-hybridized carbons (Fsp3) is 0.333. The first-order valence-electron chi connectivity index (χ1n) is 7.40. The van der Waals surface area contributed by atoms with Gasteiger partial charge < -0.3 is 5.73 Å². The van der Waals surface area contributed by atoms with Crippen molar-refractivity contribution in [1.29, 1.82) is 0 Å². The molecule has 0 saturated carbocycles. The van der Waals surface area contributed by atoms with Gasteiger partial charge in [-0.2, -0.15) is 0 Å². The van der Waals surface area contributed by atoms with Crippen molar-refractivity contribution < 1.29 is 4.39 Å². The largest absolute Gasteiger partial charge is 0.399 e. The fourth-order valence-electron chi connectivity index (χ4n) is 2.49. The zero-order valence-corrected chi connectivity index (χ0v) is 12.8. The first kappa shape index (κ1) is 15.5. The van der Waals surface area contributed by atoms with Crippen molar-refractivity contribution >= 4 is 5.69 Å². The molecule has 0 radical (unpaired) electrons. The summed E-state index contributed by atoms with van der Waals surface area (Å²) in [5.74, 6) is -0.170. The smallest absolute Gasteiger partial charge is 0.123 e. The Balaban J connectivity index is 2.09. The van der Waals surface area contributed by atoms with Crippen LogP contribution in [0.2, 0.25) is 0 Å². The third-order valence-corrected chi connectivity index (χ3v) is 3.62. The van der Waals surface area contributed by atoms with Crippen molar-refractivity contribution in [1.82, 2.24) is 4.90 Å². The van der Waals surface area contributed by atoms with E-state index in [0.717, 1.165) is 37.3 Å². The molecule has 0 aliphatic rings. The van der Waals surface area contributed by atoms with Crippen LogP contribution in [0.1, 0.15) is 30.0 Å². The molecular weight excluding hydrogens is 263 g/mol. The standard InChI is InChI=1S/C18H23FN2/c1-3-10-21(12-15-4-8-18(20)9-5-15)13-16-6-7-17(19)11-14(16)2/h4-9,11H,3,10,12-13,20H2,1-2H3. The minimum absolute atomic E-state index is 0.170. The van der Waals surface area contributed by atoms with Gasteiger partial charge in [-0.1, -0.05) is 25.1 Å². The number of nitrogen functional groups attached to an aromatic ring is 1. The maximum absolute atomic E-state index is 13.2. The van der Waals surface area contributed by atoms with Gasteiger partial charge in [-0.05, 0) is 60.8 Å². The number of hydrogen-bond acceptors (Lipinski definition) is 2. The average Bonchev–Trinajstić information content (AvgIpc) is 2.44. The van der Waals surface area contributed by atoms with Gasteiger partial charge in [0.1, 0.15) is 5.82 Å². The normalized spacial score (nSPS) is 11.0. The number of rotatable bonds is 6. The lowest BCUT2D eigenvalue weighted by molar-refractivity contribution is 0.257. The Morgan fingerprint density at radius 2 is 1.76 bits per heavy atom. The SMILES string of the molecule is CCCN(Cc1ccc(N)cc1)Cc1ccc(F)cc1C. The van der Waals surface area contributed by atoms with E-state index in [9.17, 15) is 4.39 Å². The maximum atomic E-state index is 13.2. The van der Waals surface area contributed by atoms with E-state index in [4.69, 9.17) is 5.73 Å². The first-order valence-corrected chi connectivity index (χ1v) is 7.40. The van der Waals surface area contributed by atoms with E-state index in [1.54, 1.807) is 6.07 Å². The zero-order chi connectivity index (χ0) is 15.2. The van der Waals surface area contributed by atoms with Crippen LogP contribution < -0.4 is 5.73 Å². The van der Waals surface area contributed by atoms with Gasteiger partial charge in [0.05, 0.1) is 0 Å². The molecule has 0 saturated heterocycles. The number of halogens is 1. The van der Waals surface area contributed by atoms with E-state index in [1.165, 1.54) is 17.2 Å².